The molecule has 1 amide bonds. The van der Waals surface area contributed by atoms with E-state index >= 15 is 0 Å². The van der Waals surface area contributed by atoms with Crippen LogP contribution in [-0.4, -0.2) is 29.2 Å². The van der Waals surface area contributed by atoms with E-state index in [1.54, 1.807) is 24.3 Å². The number of rotatable bonds is 9. The van der Waals surface area contributed by atoms with Crippen LogP contribution in [-0.2, 0) is 27.4 Å². The molecule has 7 nitrogen and oxygen atoms in total. The first-order valence-corrected chi connectivity index (χ1v) is 9.30. The maximum atomic E-state index is 11.9. The van der Waals surface area contributed by atoms with Gasteiger partial charge in [-0.05, 0) is 51.8 Å². The number of hydrogen-bond donors (Lipinski definition) is 1. The van der Waals surface area contributed by atoms with Gasteiger partial charge in [-0.2, -0.15) is 0 Å². The highest BCUT2D eigenvalue weighted by molar-refractivity contribution is 5.81. The van der Waals surface area contributed by atoms with Gasteiger partial charge in [-0.15, -0.1) is 0 Å². The molecule has 7 heteroatoms. The molecule has 0 spiro atoms. The number of benzene rings is 1. The summed E-state index contributed by atoms with van der Waals surface area (Å²) in [5, 5.41) is 6.72. The van der Waals surface area contributed by atoms with E-state index in [0.717, 1.165) is 29.0 Å². The summed E-state index contributed by atoms with van der Waals surface area (Å²) in [6.45, 7) is 9.62. The summed E-state index contributed by atoms with van der Waals surface area (Å²) in [7, 11) is 0. The van der Waals surface area contributed by atoms with Gasteiger partial charge in [-0.25, -0.2) is 0 Å². The number of aryl methyl sites for hydroxylation is 2. The molecule has 0 unspecified atom stereocenters. The zero-order valence-electron chi connectivity index (χ0n) is 17.1. The molecule has 152 valence electrons. The molecule has 2 aromatic rings. The Morgan fingerprint density at radius 2 is 1.86 bits per heavy atom. The largest absolute Gasteiger partial charge is 0.489 e. The van der Waals surface area contributed by atoms with E-state index in [-0.39, 0.29) is 24.5 Å². The zero-order chi connectivity index (χ0) is 20.7. The second-order valence-electron chi connectivity index (χ2n) is 7.36. The van der Waals surface area contributed by atoms with Crippen molar-refractivity contribution >= 4 is 11.9 Å². The lowest BCUT2D eigenvalue weighted by Gasteiger charge is -2.24. The van der Waals surface area contributed by atoms with E-state index in [0.29, 0.717) is 12.4 Å². The predicted octanol–water partition coefficient (Wildman–Crippen LogP) is 3.26. The number of esters is 1. The Balaban J connectivity index is 1.78. The maximum Gasteiger partial charge on any atom is 0.310 e. The van der Waals surface area contributed by atoms with Gasteiger partial charge in [0.1, 0.15) is 18.1 Å². The van der Waals surface area contributed by atoms with Gasteiger partial charge in [0.25, 0.3) is 5.91 Å². The second-order valence-corrected chi connectivity index (χ2v) is 7.36. The molecule has 0 aliphatic carbocycles. The van der Waals surface area contributed by atoms with Crippen LogP contribution in [0.5, 0.6) is 5.75 Å². The van der Waals surface area contributed by atoms with Gasteiger partial charge in [0.15, 0.2) is 6.61 Å². The Morgan fingerprint density at radius 3 is 2.43 bits per heavy atom. The lowest BCUT2D eigenvalue weighted by atomic mass is 10.0. The number of carbonyl (C=O) groups is 2. The lowest BCUT2D eigenvalue weighted by molar-refractivity contribution is -0.148. The first-order valence-electron chi connectivity index (χ1n) is 9.30. The van der Waals surface area contributed by atoms with Gasteiger partial charge < -0.3 is 19.3 Å². The molecule has 0 fully saturated rings. The molecular formula is C21H28N2O5. The highest BCUT2D eigenvalue weighted by Gasteiger charge is 2.18. The number of amides is 1. The van der Waals surface area contributed by atoms with Crippen LogP contribution < -0.4 is 10.1 Å². The van der Waals surface area contributed by atoms with Gasteiger partial charge >= 0.3 is 5.97 Å². The van der Waals surface area contributed by atoms with Crippen LogP contribution >= 0.6 is 0 Å². The highest BCUT2D eigenvalue weighted by Crippen LogP contribution is 2.18. The monoisotopic (exact) mass is 388 g/mol. The average molecular weight is 388 g/mol. The maximum absolute atomic E-state index is 11.9. The SMILES string of the molecule is CCC(C)(C)NC(=O)COC(=O)Cc1ccc(OCc2c(C)noc2C)cc1. The molecular weight excluding hydrogens is 360 g/mol. The summed E-state index contributed by atoms with van der Waals surface area (Å²) in [6, 6.07) is 7.17. The van der Waals surface area contributed by atoms with Crippen LogP contribution in [0.4, 0.5) is 0 Å². The molecule has 0 atom stereocenters. The number of hydrogen-bond acceptors (Lipinski definition) is 6. The van der Waals surface area contributed by atoms with E-state index in [4.69, 9.17) is 14.0 Å². The van der Waals surface area contributed by atoms with Gasteiger partial charge in [0.2, 0.25) is 0 Å². The van der Waals surface area contributed by atoms with E-state index in [1.807, 2.05) is 34.6 Å². The fourth-order valence-electron chi connectivity index (χ4n) is 2.43. The fourth-order valence-corrected chi connectivity index (χ4v) is 2.43. The van der Waals surface area contributed by atoms with Crippen molar-refractivity contribution in [2.75, 3.05) is 6.61 Å². The summed E-state index contributed by atoms with van der Waals surface area (Å²) in [5.41, 5.74) is 2.20. The summed E-state index contributed by atoms with van der Waals surface area (Å²) >= 11 is 0. The topological polar surface area (TPSA) is 90.7 Å². The van der Waals surface area contributed by atoms with Crippen molar-refractivity contribution in [3.05, 3.63) is 46.8 Å². The number of nitrogens with zero attached hydrogens (tertiary/aromatic N) is 1. The molecule has 28 heavy (non-hydrogen) atoms. The van der Waals surface area contributed by atoms with Crippen LogP contribution in [0.1, 0.15) is 49.8 Å². The molecule has 1 aromatic carbocycles. The Hall–Kier alpha value is -2.83. The van der Waals surface area contributed by atoms with E-state index in [2.05, 4.69) is 10.5 Å². The summed E-state index contributed by atoms with van der Waals surface area (Å²) in [4.78, 5) is 23.8. The Labute approximate surface area is 165 Å². The third-order valence-electron chi connectivity index (χ3n) is 4.56. The van der Waals surface area contributed by atoms with E-state index in [1.165, 1.54) is 0 Å². The van der Waals surface area contributed by atoms with Crippen LogP contribution in [0, 0.1) is 13.8 Å². The Bertz CT molecular complexity index is 789. The van der Waals surface area contributed by atoms with Gasteiger partial charge in [-0.3, -0.25) is 9.59 Å². The summed E-state index contributed by atoms with van der Waals surface area (Å²) in [5.74, 6) is 0.665. The van der Waals surface area contributed by atoms with Crippen molar-refractivity contribution in [3.8, 4) is 5.75 Å². The van der Waals surface area contributed by atoms with Crippen molar-refractivity contribution < 1.29 is 23.6 Å². The van der Waals surface area contributed by atoms with Crippen molar-refractivity contribution in [3.63, 3.8) is 0 Å². The molecule has 1 aromatic heterocycles. The minimum absolute atomic E-state index is 0.0919. The van der Waals surface area contributed by atoms with Crippen LogP contribution in [0.25, 0.3) is 0 Å². The fraction of sp³-hybridized carbons (Fsp3) is 0.476. The minimum Gasteiger partial charge on any atom is -0.489 e. The number of nitrogens with one attached hydrogen (secondary N) is 1. The Kier molecular flexibility index (Phi) is 7.20. The molecule has 0 saturated heterocycles. The van der Waals surface area contributed by atoms with E-state index < -0.39 is 5.97 Å². The third kappa shape index (κ3) is 6.40. The second kappa shape index (κ2) is 9.39. The number of carbonyl (C=O) groups excluding carboxylic acids is 2. The zero-order valence-corrected chi connectivity index (χ0v) is 17.1. The van der Waals surface area contributed by atoms with Gasteiger partial charge in [0.05, 0.1) is 17.7 Å². The summed E-state index contributed by atoms with van der Waals surface area (Å²) in [6.07, 6.45) is 0.881. The number of aromatic nitrogens is 1. The molecule has 0 aliphatic heterocycles. The van der Waals surface area contributed by atoms with Crippen LogP contribution in [0.15, 0.2) is 28.8 Å². The first kappa shape index (κ1) is 21.5. The van der Waals surface area contributed by atoms with Crippen molar-refractivity contribution in [1.29, 1.82) is 0 Å². The molecule has 0 bridgehead atoms. The highest BCUT2D eigenvalue weighted by atomic mass is 16.5. The average Bonchev–Trinajstić information content (AvgIpc) is 2.97. The van der Waals surface area contributed by atoms with E-state index in [9.17, 15) is 9.59 Å². The molecule has 0 saturated carbocycles. The minimum atomic E-state index is -0.450. The predicted molar refractivity (Wildman–Crippen MR) is 104 cm³/mol. The van der Waals surface area contributed by atoms with Gasteiger partial charge in [0, 0.05) is 5.54 Å². The van der Waals surface area contributed by atoms with Crippen molar-refractivity contribution in [2.45, 2.75) is 59.6 Å². The molecule has 0 aliphatic rings. The molecule has 2 rings (SSSR count). The van der Waals surface area contributed by atoms with Crippen molar-refractivity contribution in [2.24, 2.45) is 0 Å². The molecule has 1 heterocycles. The smallest absolute Gasteiger partial charge is 0.310 e. The normalized spacial score (nSPS) is 11.2. The van der Waals surface area contributed by atoms with Crippen molar-refractivity contribution in [1.82, 2.24) is 10.5 Å². The summed E-state index contributed by atoms with van der Waals surface area (Å²) < 4.78 is 15.9. The first-order chi connectivity index (χ1) is 13.2. The quantitative estimate of drug-likeness (QED) is 0.663. The van der Waals surface area contributed by atoms with Crippen LogP contribution in [0.3, 0.4) is 0 Å². The van der Waals surface area contributed by atoms with Gasteiger partial charge in [-0.1, -0.05) is 24.2 Å². The standard InChI is InChI=1S/C21H28N2O5/c1-6-21(4,5)22-19(24)13-27-20(25)11-16-7-9-17(10-8-16)26-12-18-14(2)23-28-15(18)3/h7-10H,6,11-13H2,1-5H3,(H,22,24). The van der Waals surface area contributed by atoms with Crippen LogP contribution in [0.2, 0.25) is 0 Å². The molecule has 1 N–H and O–H groups in total. The lowest BCUT2D eigenvalue weighted by Crippen LogP contribution is -2.44. The Morgan fingerprint density at radius 1 is 1.18 bits per heavy atom. The molecule has 0 radical (unpaired) electrons. The third-order valence-corrected chi connectivity index (χ3v) is 4.56. The number of ether oxygens (including phenoxy) is 2.